The number of aromatic nitrogens is 2. The van der Waals surface area contributed by atoms with Gasteiger partial charge in [0.15, 0.2) is 5.96 Å². The quantitative estimate of drug-likeness (QED) is 0.449. The Balaban J connectivity index is 1.53. The first-order valence-corrected chi connectivity index (χ1v) is 9.68. The number of aromatic amines is 1. The first-order chi connectivity index (χ1) is 12.3. The molecule has 0 saturated carbocycles. The van der Waals surface area contributed by atoms with Crippen LogP contribution in [0.2, 0.25) is 0 Å². The molecule has 2 heterocycles. The zero-order valence-corrected chi connectivity index (χ0v) is 15.6. The summed E-state index contributed by atoms with van der Waals surface area (Å²) in [6.45, 7) is 6.71. The largest absolute Gasteiger partial charge is 0.357 e. The van der Waals surface area contributed by atoms with Crippen molar-refractivity contribution in [1.29, 1.82) is 0 Å². The monoisotopic (exact) mass is 355 g/mol. The van der Waals surface area contributed by atoms with E-state index in [1.807, 2.05) is 18.2 Å². The lowest BCUT2D eigenvalue weighted by molar-refractivity contribution is 0.742. The molecule has 0 aliphatic carbocycles. The minimum absolute atomic E-state index is 0.428. The van der Waals surface area contributed by atoms with Gasteiger partial charge in [-0.2, -0.15) is 11.3 Å². The molecule has 0 saturated heterocycles. The Hall–Kier alpha value is -2.34. The van der Waals surface area contributed by atoms with E-state index in [0.29, 0.717) is 5.92 Å². The van der Waals surface area contributed by atoms with E-state index in [4.69, 9.17) is 4.99 Å². The molecule has 0 radical (unpaired) electrons. The molecule has 0 fully saturated rings. The van der Waals surface area contributed by atoms with Crippen LogP contribution in [0.15, 0.2) is 46.1 Å². The van der Waals surface area contributed by atoms with Crippen molar-refractivity contribution in [2.45, 2.75) is 26.2 Å². The maximum absolute atomic E-state index is 4.71. The lowest BCUT2D eigenvalue weighted by Gasteiger charge is -2.12. The molecule has 3 rings (SSSR count). The molecule has 0 spiro atoms. The lowest BCUT2D eigenvalue weighted by atomic mass is 10.1. The minimum Gasteiger partial charge on any atom is -0.357 e. The van der Waals surface area contributed by atoms with E-state index in [0.717, 1.165) is 48.9 Å². The Morgan fingerprint density at radius 1 is 1.28 bits per heavy atom. The van der Waals surface area contributed by atoms with Gasteiger partial charge in [0.25, 0.3) is 0 Å². The third kappa shape index (κ3) is 4.82. The van der Waals surface area contributed by atoms with Crippen molar-refractivity contribution in [1.82, 2.24) is 20.6 Å². The maximum atomic E-state index is 4.71. The highest BCUT2D eigenvalue weighted by Gasteiger charge is 2.06. The van der Waals surface area contributed by atoms with Crippen molar-refractivity contribution in [3.8, 4) is 0 Å². The number of hydrogen-bond acceptors (Lipinski definition) is 3. The van der Waals surface area contributed by atoms with Gasteiger partial charge in [-0.25, -0.2) is 4.98 Å². The van der Waals surface area contributed by atoms with Gasteiger partial charge in [-0.3, -0.25) is 4.99 Å². The number of imidazole rings is 1. The number of fused-ring (bicyclic) bond motifs is 1. The fourth-order valence-electron chi connectivity index (χ4n) is 2.65. The topological polar surface area (TPSA) is 65.1 Å². The van der Waals surface area contributed by atoms with Crippen LogP contribution in [-0.4, -0.2) is 35.6 Å². The summed E-state index contributed by atoms with van der Waals surface area (Å²) in [5.74, 6) is 2.29. The molecule has 132 valence electrons. The fraction of sp³-hybridized carbons (Fsp3) is 0.368. The number of benzene rings is 1. The van der Waals surface area contributed by atoms with Crippen LogP contribution in [0.25, 0.3) is 11.0 Å². The Labute approximate surface area is 152 Å². The van der Waals surface area contributed by atoms with Crippen molar-refractivity contribution < 1.29 is 0 Å². The van der Waals surface area contributed by atoms with Crippen LogP contribution in [0.1, 0.15) is 31.2 Å². The second-order valence-electron chi connectivity index (χ2n) is 6.05. The average molecular weight is 356 g/mol. The van der Waals surface area contributed by atoms with Gasteiger partial charge in [0.1, 0.15) is 5.82 Å². The number of H-pyrrole nitrogens is 1. The molecule has 0 aliphatic heterocycles. The third-order valence-electron chi connectivity index (χ3n) is 4.07. The zero-order chi connectivity index (χ0) is 17.5. The van der Waals surface area contributed by atoms with Crippen molar-refractivity contribution in [2.75, 3.05) is 19.6 Å². The van der Waals surface area contributed by atoms with Gasteiger partial charge < -0.3 is 15.6 Å². The molecule has 0 amide bonds. The van der Waals surface area contributed by atoms with Crippen LogP contribution in [-0.2, 0) is 6.42 Å². The Morgan fingerprint density at radius 2 is 2.16 bits per heavy atom. The van der Waals surface area contributed by atoms with Gasteiger partial charge in [0.2, 0.25) is 0 Å². The molecule has 0 aliphatic rings. The SMILES string of the molecule is CCNC(=NCC(C)c1ccsc1)NCCc1nc2ccccc2[nH]1. The van der Waals surface area contributed by atoms with Crippen molar-refractivity contribution in [3.63, 3.8) is 0 Å². The van der Waals surface area contributed by atoms with E-state index < -0.39 is 0 Å². The first kappa shape index (κ1) is 17.5. The molecular weight excluding hydrogens is 330 g/mol. The summed E-state index contributed by atoms with van der Waals surface area (Å²) in [6.07, 6.45) is 0.833. The van der Waals surface area contributed by atoms with Gasteiger partial charge in [0.05, 0.1) is 11.0 Å². The second-order valence-corrected chi connectivity index (χ2v) is 6.83. The number of thiophene rings is 1. The van der Waals surface area contributed by atoms with E-state index in [-0.39, 0.29) is 0 Å². The predicted octanol–water partition coefficient (Wildman–Crippen LogP) is 3.53. The van der Waals surface area contributed by atoms with Gasteiger partial charge in [-0.05, 0) is 41.4 Å². The highest BCUT2D eigenvalue weighted by molar-refractivity contribution is 7.07. The lowest BCUT2D eigenvalue weighted by Crippen LogP contribution is -2.38. The van der Waals surface area contributed by atoms with E-state index >= 15 is 0 Å². The molecule has 5 nitrogen and oxygen atoms in total. The highest BCUT2D eigenvalue weighted by atomic mass is 32.1. The smallest absolute Gasteiger partial charge is 0.191 e. The van der Waals surface area contributed by atoms with Crippen molar-refractivity contribution in [3.05, 3.63) is 52.5 Å². The number of rotatable bonds is 7. The highest BCUT2D eigenvalue weighted by Crippen LogP contribution is 2.18. The van der Waals surface area contributed by atoms with Gasteiger partial charge >= 0.3 is 0 Å². The number of aliphatic imine (C=N–C) groups is 1. The molecule has 0 bridgehead atoms. The summed E-state index contributed by atoms with van der Waals surface area (Å²) in [7, 11) is 0. The number of nitrogens with one attached hydrogen (secondary N) is 3. The van der Waals surface area contributed by atoms with Crippen LogP contribution < -0.4 is 10.6 Å². The molecule has 1 aromatic carbocycles. The molecular formula is C19H25N5S. The Morgan fingerprint density at radius 3 is 2.92 bits per heavy atom. The van der Waals surface area contributed by atoms with Crippen molar-refractivity contribution in [2.24, 2.45) is 4.99 Å². The van der Waals surface area contributed by atoms with Crippen LogP contribution in [0.4, 0.5) is 0 Å². The van der Waals surface area contributed by atoms with Crippen LogP contribution in [0.5, 0.6) is 0 Å². The Bertz CT molecular complexity index is 773. The van der Waals surface area contributed by atoms with Gasteiger partial charge in [-0.1, -0.05) is 19.1 Å². The second kappa shape index (κ2) is 8.67. The molecule has 25 heavy (non-hydrogen) atoms. The molecule has 3 aromatic rings. The number of para-hydroxylation sites is 2. The van der Waals surface area contributed by atoms with Crippen LogP contribution in [0, 0.1) is 0 Å². The summed E-state index contributed by atoms with van der Waals surface area (Å²) in [6, 6.07) is 10.3. The summed E-state index contributed by atoms with van der Waals surface area (Å²) in [4.78, 5) is 12.7. The predicted molar refractivity (Wildman–Crippen MR) is 107 cm³/mol. The summed E-state index contributed by atoms with van der Waals surface area (Å²) in [5, 5.41) is 11.0. The Kier molecular flexibility index (Phi) is 6.06. The summed E-state index contributed by atoms with van der Waals surface area (Å²) >= 11 is 1.74. The first-order valence-electron chi connectivity index (χ1n) is 8.74. The normalized spacial score (nSPS) is 13.1. The average Bonchev–Trinajstić information content (AvgIpc) is 3.28. The van der Waals surface area contributed by atoms with Crippen LogP contribution in [0.3, 0.4) is 0 Å². The minimum atomic E-state index is 0.428. The van der Waals surface area contributed by atoms with E-state index in [1.165, 1.54) is 5.56 Å². The summed E-state index contributed by atoms with van der Waals surface area (Å²) < 4.78 is 0. The zero-order valence-electron chi connectivity index (χ0n) is 14.7. The fourth-order valence-corrected chi connectivity index (χ4v) is 3.44. The standard InChI is InChI=1S/C19H25N5S/c1-3-20-19(22-12-14(2)15-9-11-25-13-15)21-10-8-18-23-16-6-4-5-7-17(16)24-18/h4-7,9,11,13-14H,3,8,10,12H2,1-2H3,(H,23,24)(H2,20,21,22). The van der Waals surface area contributed by atoms with Gasteiger partial charge in [0, 0.05) is 32.0 Å². The number of hydrogen-bond donors (Lipinski definition) is 3. The van der Waals surface area contributed by atoms with Crippen LogP contribution >= 0.6 is 11.3 Å². The third-order valence-corrected chi connectivity index (χ3v) is 4.77. The molecule has 3 N–H and O–H groups in total. The maximum Gasteiger partial charge on any atom is 0.191 e. The van der Waals surface area contributed by atoms with E-state index in [9.17, 15) is 0 Å². The molecule has 1 atom stereocenters. The van der Waals surface area contributed by atoms with Gasteiger partial charge in [-0.15, -0.1) is 0 Å². The molecule has 2 aromatic heterocycles. The molecule has 6 heteroatoms. The van der Waals surface area contributed by atoms with E-state index in [2.05, 4.69) is 57.3 Å². The number of guanidine groups is 1. The summed E-state index contributed by atoms with van der Waals surface area (Å²) in [5.41, 5.74) is 3.46. The molecule has 1 unspecified atom stereocenters. The van der Waals surface area contributed by atoms with E-state index in [1.54, 1.807) is 11.3 Å². The number of nitrogens with zero attached hydrogens (tertiary/aromatic N) is 2. The van der Waals surface area contributed by atoms with Crippen molar-refractivity contribution >= 4 is 28.3 Å².